The summed E-state index contributed by atoms with van der Waals surface area (Å²) in [5.74, 6) is 0.127. The Morgan fingerprint density at radius 1 is 1.24 bits per heavy atom. The molecule has 3 nitrogen and oxygen atoms in total. The first kappa shape index (κ1) is 16.5. The quantitative estimate of drug-likeness (QED) is 0.614. The van der Waals surface area contributed by atoms with E-state index in [0.717, 1.165) is 40.5 Å². The first-order chi connectivity index (χ1) is 12.1. The number of thiophene rings is 1. The molecule has 0 saturated carbocycles. The van der Waals surface area contributed by atoms with Crippen molar-refractivity contribution in [2.75, 3.05) is 6.54 Å². The molecular formula is C20H20N2OS2. The SMILES string of the molecule is Cc1ccccc1C1CCCN1C(=O)c1sc(-c2ccsc2)nc1C. The highest BCUT2D eigenvalue weighted by Gasteiger charge is 2.33. The maximum atomic E-state index is 13.2. The molecule has 0 N–H and O–H groups in total. The standard InChI is InChI=1S/C20H20N2OS2/c1-13-6-3-4-7-16(13)17-8-5-10-22(17)20(23)18-14(2)21-19(25-18)15-9-11-24-12-15/h3-4,6-7,9,11-12,17H,5,8,10H2,1-2H3. The summed E-state index contributed by atoms with van der Waals surface area (Å²) < 4.78 is 0. The number of hydrogen-bond acceptors (Lipinski definition) is 4. The lowest BCUT2D eigenvalue weighted by Gasteiger charge is -2.26. The summed E-state index contributed by atoms with van der Waals surface area (Å²) in [5, 5.41) is 5.06. The molecule has 1 unspecified atom stereocenters. The van der Waals surface area contributed by atoms with E-state index >= 15 is 0 Å². The predicted octanol–water partition coefficient (Wildman–Crippen LogP) is 5.47. The fourth-order valence-electron chi connectivity index (χ4n) is 3.53. The molecule has 1 atom stereocenters. The topological polar surface area (TPSA) is 33.2 Å². The maximum Gasteiger partial charge on any atom is 0.266 e. The van der Waals surface area contributed by atoms with Crippen LogP contribution in [0.25, 0.3) is 10.6 Å². The number of rotatable bonds is 3. The van der Waals surface area contributed by atoms with E-state index < -0.39 is 0 Å². The number of carbonyl (C=O) groups is 1. The smallest absolute Gasteiger partial charge is 0.266 e. The molecule has 128 valence electrons. The maximum absolute atomic E-state index is 13.2. The number of thiazole rings is 1. The fourth-order valence-corrected chi connectivity index (χ4v) is 5.26. The molecule has 3 heterocycles. The largest absolute Gasteiger partial charge is 0.331 e. The molecule has 1 saturated heterocycles. The Bertz CT molecular complexity index is 898. The van der Waals surface area contributed by atoms with Gasteiger partial charge in [-0.05, 0) is 49.3 Å². The van der Waals surface area contributed by atoms with Gasteiger partial charge in [-0.1, -0.05) is 24.3 Å². The van der Waals surface area contributed by atoms with Gasteiger partial charge in [-0.2, -0.15) is 11.3 Å². The first-order valence-electron chi connectivity index (χ1n) is 8.51. The lowest BCUT2D eigenvalue weighted by Crippen LogP contribution is -2.30. The van der Waals surface area contributed by atoms with E-state index in [9.17, 15) is 4.79 Å². The van der Waals surface area contributed by atoms with Crippen molar-refractivity contribution < 1.29 is 4.79 Å². The Hall–Kier alpha value is -1.98. The minimum absolute atomic E-state index is 0.127. The summed E-state index contributed by atoms with van der Waals surface area (Å²) in [4.78, 5) is 20.7. The van der Waals surface area contributed by atoms with Crippen LogP contribution in [0.3, 0.4) is 0 Å². The average molecular weight is 369 g/mol. The zero-order valence-corrected chi connectivity index (χ0v) is 16.0. The van der Waals surface area contributed by atoms with Gasteiger partial charge < -0.3 is 4.90 Å². The number of hydrogen-bond donors (Lipinski definition) is 0. The lowest BCUT2D eigenvalue weighted by atomic mass is 9.99. The van der Waals surface area contributed by atoms with Crippen LogP contribution in [0.15, 0.2) is 41.1 Å². The molecule has 1 aromatic carbocycles. The third-order valence-corrected chi connectivity index (χ3v) is 6.70. The molecule has 1 aliphatic rings. The van der Waals surface area contributed by atoms with Crippen LogP contribution in [0.2, 0.25) is 0 Å². The summed E-state index contributed by atoms with van der Waals surface area (Å²) in [7, 11) is 0. The van der Waals surface area contributed by atoms with Crippen LogP contribution in [-0.2, 0) is 0 Å². The number of carbonyl (C=O) groups excluding carboxylic acids is 1. The molecule has 2 aromatic heterocycles. The molecular weight excluding hydrogens is 348 g/mol. The van der Waals surface area contributed by atoms with E-state index in [1.165, 1.54) is 22.5 Å². The molecule has 0 aliphatic carbocycles. The highest BCUT2D eigenvalue weighted by molar-refractivity contribution is 7.17. The average Bonchev–Trinajstić information content (AvgIpc) is 3.35. The van der Waals surface area contributed by atoms with Crippen LogP contribution in [0, 0.1) is 13.8 Å². The molecule has 0 spiro atoms. The zero-order valence-electron chi connectivity index (χ0n) is 14.4. The Balaban J connectivity index is 1.65. The van der Waals surface area contributed by atoms with Crippen molar-refractivity contribution in [3.63, 3.8) is 0 Å². The van der Waals surface area contributed by atoms with Crippen molar-refractivity contribution in [3.8, 4) is 10.6 Å². The Morgan fingerprint density at radius 3 is 2.84 bits per heavy atom. The van der Waals surface area contributed by atoms with Crippen molar-refractivity contribution in [1.29, 1.82) is 0 Å². The van der Waals surface area contributed by atoms with Gasteiger partial charge in [0.1, 0.15) is 9.88 Å². The van der Waals surface area contributed by atoms with E-state index in [1.54, 1.807) is 11.3 Å². The van der Waals surface area contributed by atoms with Crippen LogP contribution in [0.5, 0.6) is 0 Å². The van der Waals surface area contributed by atoms with Crippen molar-refractivity contribution >= 4 is 28.6 Å². The molecule has 1 aliphatic heterocycles. The van der Waals surface area contributed by atoms with Gasteiger partial charge >= 0.3 is 0 Å². The zero-order chi connectivity index (χ0) is 17.4. The second-order valence-corrected chi connectivity index (χ2v) is 8.24. The fraction of sp³-hybridized carbons (Fsp3) is 0.300. The van der Waals surface area contributed by atoms with Gasteiger partial charge in [-0.15, -0.1) is 11.3 Å². The normalized spacial score (nSPS) is 17.2. The van der Waals surface area contributed by atoms with Crippen molar-refractivity contribution in [2.24, 2.45) is 0 Å². The van der Waals surface area contributed by atoms with Gasteiger partial charge in [0.2, 0.25) is 0 Å². The van der Waals surface area contributed by atoms with Gasteiger partial charge in [0.05, 0.1) is 11.7 Å². The van der Waals surface area contributed by atoms with Gasteiger partial charge in [0.25, 0.3) is 5.91 Å². The van der Waals surface area contributed by atoms with Gasteiger partial charge in [-0.25, -0.2) is 4.98 Å². The van der Waals surface area contributed by atoms with Crippen LogP contribution < -0.4 is 0 Å². The number of aromatic nitrogens is 1. The van der Waals surface area contributed by atoms with E-state index in [1.807, 2.05) is 17.2 Å². The number of amides is 1. The molecule has 0 bridgehead atoms. The van der Waals surface area contributed by atoms with Gasteiger partial charge in [0.15, 0.2) is 0 Å². The lowest BCUT2D eigenvalue weighted by molar-refractivity contribution is 0.0739. The summed E-state index contributed by atoms with van der Waals surface area (Å²) in [6.07, 6.45) is 2.09. The number of aryl methyl sites for hydroxylation is 2. The summed E-state index contributed by atoms with van der Waals surface area (Å²) in [5.41, 5.74) is 4.47. The Labute approximate surface area is 156 Å². The van der Waals surface area contributed by atoms with Crippen molar-refractivity contribution in [1.82, 2.24) is 9.88 Å². The Kier molecular flexibility index (Phi) is 4.44. The van der Waals surface area contributed by atoms with Crippen LogP contribution in [-0.4, -0.2) is 22.3 Å². The monoisotopic (exact) mass is 368 g/mol. The molecule has 1 amide bonds. The molecule has 4 rings (SSSR count). The third-order valence-electron chi connectivity index (χ3n) is 4.82. The minimum Gasteiger partial charge on any atom is -0.331 e. The first-order valence-corrected chi connectivity index (χ1v) is 10.3. The van der Waals surface area contributed by atoms with Crippen LogP contribution in [0.1, 0.15) is 45.4 Å². The second-order valence-electron chi connectivity index (χ2n) is 6.46. The van der Waals surface area contributed by atoms with Gasteiger partial charge in [-0.3, -0.25) is 4.79 Å². The van der Waals surface area contributed by atoms with Crippen LogP contribution in [0.4, 0.5) is 0 Å². The molecule has 5 heteroatoms. The minimum atomic E-state index is 0.127. The summed E-state index contributed by atoms with van der Waals surface area (Å²) in [6, 6.07) is 10.6. The van der Waals surface area contributed by atoms with E-state index in [0.29, 0.717) is 0 Å². The number of likely N-dealkylation sites (tertiary alicyclic amines) is 1. The number of benzene rings is 1. The van der Waals surface area contributed by atoms with E-state index in [-0.39, 0.29) is 11.9 Å². The molecule has 25 heavy (non-hydrogen) atoms. The van der Waals surface area contributed by atoms with E-state index in [2.05, 4.69) is 47.6 Å². The predicted molar refractivity (Wildman–Crippen MR) is 104 cm³/mol. The highest BCUT2D eigenvalue weighted by Crippen LogP contribution is 2.37. The summed E-state index contributed by atoms with van der Waals surface area (Å²) >= 11 is 3.17. The van der Waals surface area contributed by atoms with Crippen molar-refractivity contribution in [3.05, 3.63) is 62.8 Å². The van der Waals surface area contributed by atoms with Gasteiger partial charge in [0, 0.05) is 17.5 Å². The number of nitrogens with zero attached hydrogens (tertiary/aromatic N) is 2. The highest BCUT2D eigenvalue weighted by atomic mass is 32.1. The van der Waals surface area contributed by atoms with Crippen LogP contribution >= 0.6 is 22.7 Å². The summed E-state index contributed by atoms with van der Waals surface area (Å²) in [6.45, 7) is 4.89. The molecule has 3 aromatic rings. The van der Waals surface area contributed by atoms with Crippen molar-refractivity contribution in [2.45, 2.75) is 32.7 Å². The molecule has 1 fully saturated rings. The second kappa shape index (κ2) is 6.73. The van der Waals surface area contributed by atoms with E-state index in [4.69, 9.17) is 0 Å². The third kappa shape index (κ3) is 3.02. The molecule has 0 radical (unpaired) electrons. The Morgan fingerprint density at radius 2 is 2.08 bits per heavy atom.